The van der Waals surface area contributed by atoms with Gasteiger partial charge in [-0.3, -0.25) is 9.69 Å². The Morgan fingerprint density at radius 2 is 2.10 bits per heavy atom. The van der Waals surface area contributed by atoms with E-state index in [4.69, 9.17) is 5.73 Å². The van der Waals surface area contributed by atoms with Crippen molar-refractivity contribution in [1.29, 1.82) is 0 Å². The molecule has 1 fully saturated rings. The fraction of sp³-hybridized carbons (Fsp3) is 0.562. The van der Waals surface area contributed by atoms with Gasteiger partial charge in [0, 0.05) is 24.8 Å². The van der Waals surface area contributed by atoms with Crippen molar-refractivity contribution in [1.82, 2.24) is 4.90 Å². The van der Waals surface area contributed by atoms with Gasteiger partial charge in [0.05, 0.1) is 6.54 Å². The Bertz CT molecular complexity index is 435. The van der Waals surface area contributed by atoms with Gasteiger partial charge >= 0.3 is 0 Å². The molecule has 0 saturated carbocycles. The molecule has 2 N–H and O–H groups in total. The first-order valence-corrected chi connectivity index (χ1v) is 7.45. The van der Waals surface area contributed by atoms with E-state index in [0.717, 1.165) is 18.7 Å². The highest BCUT2D eigenvalue weighted by Crippen LogP contribution is 2.22. The molecule has 0 radical (unpaired) electrons. The molecule has 4 nitrogen and oxygen atoms in total. The molecule has 110 valence electrons. The molecule has 0 aliphatic carbocycles. The van der Waals surface area contributed by atoms with E-state index in [9.17, 15) is 4.79 Å². The number of carbonyl (C=O) groups is 1. The summed E-state index contributed by atoms with van der Waals surface area (Å²) in [6, 6.07) is 10.3. The summed E-state index contributed by atoms with van der Waals surface area (Å²) in [6.45, 7) is 7.04. The van der Waals surface area contributed by atoms with Gasteiger partial charge in [0.25, 0.3) is 0 Å². The van der Waals surface area contributed by atoms with Gasteiger partial charge in [0.15, 0.2) is 0 Å². The SMILES string of the molecule is CCN(C(=O)CN1CC(CN)CC1C)c1ccccc1. The van der Waals surface area contributed by atoms with E-state index in [2.05, 4.69) is 11.8 Å². The van der Waals surface area contributed by atoms with Gasteiger partial charge in [-0.25, -0.2) is 0 Å². The predicted octanol–water partition coefficient (Wildman–Crippen LogP) is 1.71. The van der Waals surface area contributed by atoms with Crippen molar-refractivity contribution >= 4 is 11.6 Å². The molecule has 1 aliphatic rings. The van der Waals surface area contributed by atoms with Crippen molar-refractivity contribution < 1.29 is 4.79 Å². The third kappa shape index (κ3) is 3.38. The molecule has 1 amide bonds. The number of likely N-dealkylation sites (tertiary alicyclic amines) is 1. The van der Waals surface area contributed by atoms with Crippen LogP contribution in [0.25, 0.3) is 0 Å². The summed E-state index contributed by atoms with van der Waals surface area (Å²) in [5.41, 5.74) is 6.72. The van der Waals surface area contributed by atoms with Crippen LogP contribution in [0.3, 0.4) is 0 Å². The molecule has 1 aromatic carbocycles. The average Bonchev–Trinajstić information content (AvgIpc) is 2.81. The molecular weight excluding hydrogens is 250 g/mol. The molecule has 0 spiro atoms. The van der Waals surface area contributed by atoms with Crippen molar-refractivity contribution in [3.63, 3.8) is 0 Å². The third-order valence-corrected chi connectivity index (χ3v) is 4.15. The minimum Gasteiger partial charge on any atom is -0.330 e. The maximum Gasteiger partial charge on any atom is 0.241 e. The number of nitrogens with zero attached hydrogens (tertiary/aromatic N) is 2. The van der Waals surface area contributed by atoms with Crippen LogP contribution in [0.5, 0.6) is 0 Å². The van der Waals surface area contributed by atoms with Gasteiger partial charge in [-0.2, -0.15) is 0 Å². The second kappa shape index (κ2) is 6.86. The van der Waals surface area contributed by atoms with Crippen LogP contribution in [-0.2, 0) is 4.79 Å². The van der Waals surface area contributed by atoms with E-state index >= 15 is 0 Å². The van der Waals surface area contributed by atoms with E-state index < -0.39 is 0 Å². The molecule has 0 aromatic heterocycles. The van der Waals surface area contributed by atoms with Gasteiger partial charge in [-0.05, 0) is 44.9 Å². The number of benzene rings is 1. The van der Waals surface area contributed by atoms with Crippen LogP contribution in [0.2, 0.25) is 0 Å². The summed E-state index contributed by atoms with van der Waals surface area (Å²) in [5.74, 6) is 0.702. The first-order chi connectivity index (χ1) is 9.65. The number of rotatable bonds is 5. The van der Waals surface area contributed by atoms with Crippen molar-refractivity contribution in [3.05, 3.63) is 30.3 Å². The van der Waals surface area contributed by atoms with E-state index in [0.29, 0.717) is 31.6 Å². The predicted molar refractivity (Wildman–Crippen MR) is 82.7 cm³/mol. The van der Waals surface area contributed by atoms with Crippen LogP contribution in [0.4, 0.5) is 5.69 Å². The highest BCUT2D eigenvalue weighted by atomic mass is 16.2. The number of likely N-dealkylation sites (N-methyl/N-ethyl adjacent to an activating group) is 1. The molecule has 1 saturated heterocycles. The van der Waals surface area contributed by atoms with E-state index in [-0.39, 0.29) is 5.91 Å². The zero-order chi connectivity index (χ0) is 14.5. The summed E-state index contributed by atoms with van der Waals surface area (Å²) in [5, 5.41) is 0. The Morgan fingerprint density at radius 1 is 1.40 bits per heavy atom. The van der Waals surface area contributed by atoms with Gasteiger partial charge < -0.3 is 10.6 Å². The van der Waals surface area contributed by atoms with Crippen molar-refractivity contribution in [3.8, 4) is 0 Å². The summed E-state index contributed by atoms with van der Waals surface area (Å²) >= 11 is 0. The number of anilines is 1. The maximum atomic E-state index is 12.5. The van der Waals surface area contributed by atoms with Crippen LogP contribution >= 0.6 is 0 Å². The molecule has 1 aliphatic heterocycles. The molecule has 0 bridgehead atoms. The average molecular weight is 275 g/mol. The molecule has 1 aromatic rings. The summed E-state index contributed by atoms with van der Waals surface area (Å²) in [4.78, 5) is 16.6. The fourth-order valence-electron chi connectivity index (χ4n) is 2.98. The lowest BCUT2D eigenvalue weighted by atomic mass is 10.1. The molecule has 2 atom stereocenters. The fourth-order valence-corrected chi connectivity index (χ4v) is 2.98. The van der Waals surface area contributed by atoms with Gasteiger partial charge in [0.2, 0.25) is 5.91 Å². The van der Waals surface area contributed by atoms with Gasteiger partial charge in [0.1, 0.15) is 0 Å². The molecule has 1 heterocycles. The second-order valence-electron chi connectivity index (χ2n) is 5.59. The van der Waals surface area contributed by atoms with E-state index in [1.165, 1.54) is 0 Å². The molecular formula is C16H25N3O. The van der Waals surface area contributed by atoms with E-state index in [1.54, 1.807) is 0 Å². The topological polar surface area (TPSA) is 49.6 Å². The number of hydrogen-bond acceptors (Lipinski definition) is 3. The Hall–Kier alpha value is -1.39. The zero-order valence-corrected chi connectivity index (χ0v) is 12.5. The highest BCUT2D eigenvalue weighted by Gasteiger charge is 2.30. The van der Waals surface area contributed by atoms with Crippen LogP contribution in [0.1, 0.15) is 20.3 Å². The largest absolute Gasteiger partial charge is 0.330 e. The smallest absolute Gasteiger partial charge is 0.241 e. The molecule has 20 heavy (non-hydrogen) atoms. The summed E-state index contributed by atoms with van der Waals surface area (Å²) in [7, 11) is 0. The van der Waals surface area contributed by atoms with E-state index in [1.807, 2.05) is 42.2 Å². The van der Waals surface area contributed by atoms with Crippen LogP contribution < -0.4 is 10.6 Å². The normalized spacial score (nSPS) is 22.9. The van der Waals surface area contributed by atoms with Crippen molar-refractivity contribution in [2.24, 2.45) is 11.7 Å². The van der Waals surface area contributed by atoms with Crippen LogP contribution in [0.15, 0.2) is 30.3 Å². The molecule has 4 heteroatoms. The lowest BCUT2D eigenvalue weighted by Crippen LogP contribution is -2.42. The number of para-hydroxylation sites is 1. The number of carbonyl (C=O) groups excluding carboxylic acids is 1. The Labute approximate surface area is 121 Å². The van der Waals surface area contributed by atoms with Gasteiger partial charge in [-0.15, -0.1) is 0 Å². The number of hydrogen-bond donors (Lipinski definition) is 1. The van der Waals surface area contributed by atoms with Crippen LogP contribution in [-0.4, -0.2) is 43.0 Å². The number of nitrogens with two attached hydrogens (primary N) is 1. The minimum absolute atomic E-state index is 0.170. The number of amides is 1. The minimum atomic E-state index is 0.170. The Morgan fingerprint density at radius 3 is 2.65 bits per heavy atom. The quantitative estimate of drug-likeness (QED) is 0.890. The van der Waals surface area contributed by atoms with Crippen molar-refractivity contribution in [2.75, 3.05) is 31.1 Å². The van der Waals surface area contributed by atoms with Gasteiger partial charge in [-0.1, -0.05) is 18.2 Å². The first kappa shape index (κ1) is 15.0. The van der Waals surface area contributed by atoms with Crippen LogP contribution in [0, 0.1) is 5.92 Å². The Kier molecular flexibility index (Phi) is 5.15. The maximum absolute atomic E-state index is 12.5. The first-order valence-electron chi connectivity index (χ1n) is 7.45. The molecule has 2 rings (SSSR count). The standard InChI is InChI=1S/C16H25N3O/c1-3-19(15-7-5-4-6-8-15)16(20)12-18-11-14(10-17)9-13(18)2/h4-8,13-14H,3,9-12,17H2,1-2H3. The Balaban J connectivity index is 2.00. The lowest BCUT2D eigenvalue weighted by molar-refractivity contribution is -0.119. The lowest BCUT2D eigenvalue weighted by Gasteiger charge is -2.26. The molecule has 2 unspecified atom stereocenters. The second-order valence-corrected chi connectivity index (χ2v) is 5.59. The third-order valence-electron chi connectivity index (χ3n) is 4.15. The summed E-state index contributed by atoms with van der Waals surface area (Å²) < 4.78 is 0. The summed E-state index contributed by atoms with van der Waals surface area (Å²) in [6.07, 6.45) is 1.10. The monoisotopic (exact) mass is 275 g/mol. The highest BCUT2D eigenvalue weighted by molar-refractivity contribution is 5.94. The van der Waals surface area contributed by atoms with Crippen molar-refractivity contribution in [2.45, 2.75) is 26.3 Å². The zero-order valence-electron chi connectivity index (χ0n) is 12.5.